The molecule has 0 saturated heterocycles. The van der Waals surface area contributed by atoms with Crippen LogP contribution < -0.4 is 10.9 Å². The highest BCUT2D eigenvalue weighted by Gasteiger charge is 2.23. The third kappa shape index (κ3) is 3.25. The van der Waals surface area contributed by atoms with Crippen LogP contribution in [0, 0.1) is 6.92 Å². The summed E-state index contributed by atoms with van der Waals surface area (Å²) >= 11 is 0. The highest BCUT2D eigenvalue weighted by molar-refractivity contribution is 6.12. The minimum Gasteiger partial charge on any atom is -0.442 e. The smallest absolute Gasteiger partial charge is 0.265 e. The number of anilines is 1. The number of nitrogens with zero attached hydrogens (tertiary/aromatic N) is 2. The molecule has 0 bridgehead atoms. The second-order valence-electron chi connectivity index (χ2n) is 6.20. The molecular formula is C21H17N3O3. The molecule has 0 aliphatic rings. The van der Waals surface area contributed by atoms with E-state index >= 15 is 0 Å². The van der Waals surface area contributed by atoms with Gasteiger partial charge < -0.3 is 9.73 Å². The number of hydrogen-bond donors (Lipinski definition) is 1. The summed E-state index contributed by atoms with van der Waals surface area (Å²) in [4.78, 5) is 30.0. The summed E-state index contributed by atoms with van der Waals surface area (Å²) in [5.74, 6) is -0.0331. The standard InChI is InChI=1S/C21H17N3O3/c1-14-17(19(25)23-16-10-6-3-7-11-16)18-20(27-14)22-13-24(21(18)26)12-15-8-4-2-5-9-15/h2-11,13H,12H2,1H3,(H,23,25). The largest absolute Gasteiger partial charge is 0.442 e. The number of carbonyl (C=O) groups is 1. The molecule has 0 aliphatic carbocycles. The van der Waals surface area contributed by atoms with Crippen molar-refractivity contribution in [3.05, 3.63) is 94.2 Å². The van der Waals surface area contributed by atoms with E-state index in [1.165, 1.54) is 10.9 Å². The molecule has 27 heavy (non-hydrogen) atoms. The normalized spacial score (nSPS) is 10.9. The molecule has 0 saturated carbocycles. The first kappa shape index (κ1) is 16.8. The maximum Gasteiger partial charge on any atom is 0.265 e. The Balaban J connectivity index is 1.76. The van der Waals surface area contributed by atoms with Crippen LogP contribution in [0.1, 0.15) is 21.7 Å². The van der Waals surface area contributed by atoms with Gasteiger partial charge in [-0.15, -0.1) is 0 Å². The number of nitrogens with one attached hydrogen (secondary N) is 1. The van der Waals surface area contributed by atoms with Crippen molar-refractivity contribution in [3.8, 4) is 0 Å². The summed E-state index contributed by atoms with van der Waals surface area (Å²) in [5, 5.41) is 2.99. The molecule has 1 amide bonds. The van der Waals surface area contributed by atoms with Gasteiger partial charge in [-0.2, -0.15) is 0 Å². The first-order valence-corrected chi connectivity index (χ1v) is 8.52. The van der Waals surface area contributed by atoms with E-state index in [0.29, 0.717) is 18.0 Å². The van der Waals surface area contributed by atoms with E-state index in [9.17, 15) is 9.59 Å². The highest BCUT2D eigenvalue weighted by Crippen LogP contribution is 2.22. The van der Waals surface area contributed by atoms with Crippen LogP contribution in [0.25, 0.3) is 11.1 Å². The maximum absolute atomic E-state index is 13.0. The van der Waals surface area contributed by atoms with Gasteiger partial charge in [0.05, 0.1) is 12.1 Å². The van der Waals surface area contributed by atoms with Crippen LogP contribution in [-0.2, 0) is 6.54 Å². The Bertz CT molecular complexity index is 1160. The molecule has 2 heterocycles. The summed E-state index contributed by atoms with van der Waals surface area (Å²) in [6.07, 6.45) is 1.44. The lowest BCUT2D eigenvalue weighted by atomic mass is 10.1. The monoisotopic (exact) mass is 359 g/mol. The van der Waals surface area contributed by atoms with Gasteiger partial charge in [0.1, 0.15) is 17.5 Å². The van der Waals surface area contributed by atoms with E-state index in [-0.39, 0.29) is 22.2 Å². The van der Waals surface area contributed by atoms with Crippen molar-refractivity contribution in [1.29, 1.82) is 0 Å². The van der Waals surface area contributed by atoms with Crippen molar-refractivity contribution >= 4 is 22.7 Å². The first-order valence-electron chi connectivity index (χ1n) is 8.52. The van der Waals surface area contributed by atoms with E-state index in [2.05, 4.69) is 10.3 Å². The van der Waals surface area contributed by atoms with Crippen LogP contribution >= 0.6 is 0 Å². The Morgan fingerprint density at radius 3 is 2.44 bits per heavy atom. The molecule has 134 valence electrons. The Morgan fingerprint density at radius 1 is 1.07 bits per heavy atom. The third-order valence-corrected chi connectivity index (χ3v) is 4.31. The molecule has 0 atom stereocenters. The molecule has 6 heteroatoms. The second kappa shape index (κ2) is 6.92. The number of rotatable bonds is 4. The topological polar surface area (TPSA) is 77.1 Å². The van der Waals surface area contributed by atoms with Gasteiger partial charge in [0, 0.05) is 5.69 Å². The van der Waals surface area contributed by atoms with E-state index in [0.717, 1.165) is 5.56 Å². The van der Waals surface area contributed by atoms with E-state index in [4.69, 9.17) is 4.42 Å². The summed E-state index contributed by atoms with van der Waals surface area (Å²) in [6.45, 7) is 2.02. The molecule has 2 aromatic carbocycles. The third-order valence-electron chi connectivity index (χ3n) is 4.31. The van der Waals surface area contributed by atoms with Gasteiger partial charge >= 0.3 is 0 Å². The summed E-state index contributed by atoms with van der Waals surface area (Å²) in [6, 6.07) is 18.7. The van der Waals surface area contributed by atoms with Gasteiger partial charge in [-0.05, 0) is 24.6 Å². The number of aryl methyl sites for hydroxylation is 1. The van der Waals surface area contributed by atoms with Gasteiger partial charge in [-0.1, -0.05) is 48.5 Å². The fourth-order valence-corrected chi connectivity index (χ4v) is 3.02. The zero-order chi connectivity index (χ0) is 18.8. The predicted molar refractivity (Wildman–Crippen MR) is 103 cm³/mol. The van der Waals surface area contributed by atoms with Gasteiger partial charge in [-0.25, -0.2) is 4.98 Å². The van der Waals surface area contributed by atoms with Gasteiger partial charge in [-0.3, -0.25) is 14.2 Å². The van der Waals surface area contributed by atoms with Gasteiger partial charge in [0.15, 0.2) is 0 Å². The summed E-state index contributed by atoms with van der Waals surface area (Å²) in [7, 11) is 0. The molecule has 4 aromatic rings. The van der Waals surface area contributed by atoms with Crippen LogP contribution in [0.4, 0.5) is 5.69 Å². The van der Waals surface area contributed by atoms with Crippen LogP contribution in [0.3, 0.4) is 0 Å². The van der Waals surface area contributed by atoms with Crippen LogP contribution in [0.2, 0.25) is 0 Å². The molecule has 1 N–H and O–H groups in total. The second-order valence-corrected chi connectivity index (χ2v) is 6.20. The van der Waals surface area contributed by atoms with Crippen LogP contribution in [0.15, 0.2) is 76.2 Å². The summed E-state index contributed by atoms with van der Waals surface area (Å²) in [5.41, 5.74) is 1.69. The first-order chi connectivity index (χ1) is 13.1. The van der Waals surface area contributed by atoms with Crippen LogP contribution in [0.5, 0.6) is 0 Å². The minimum absolute atomic E-state index is 0.167. The molecule has 0 fully saturated rings. The average Bonchev–Trinajstić information content (AvgIpc) is 3.02. The summed E-state index contributed by atoms with van der Waals surface area (Å²) < 4.78 is 7.04. The van der Waals surface area contributed by atoms with Crippen molar-refractivity contribution in [2.24, 2.45) is 0 Å². The number of hydrogen-bond acceptors (Lipinski definition) is 4. The molecule has 6 nitrogen and oxygen atoms in total. The average molecular weight is 359 g/mol. The number of fused-ring (bicyclic) bond motifs is 1. The van der Waals surface area contributed by atoms with E-state index in [1.54, 1.807) is 19.1 Å². The number of carbonyl (C=O) groups excluding carboxylic acids is 1. The molecule has 0 aliphatic heterocycles. The maximum atomic E-state index is 13.0. The zero-order valence-electron chi connectivity index (χ0n) is 14.7. The van der Waals surface area contributed by atoms with Crippen molar-refractivity contribution in [2.75, 3.05) is 5.32 Å². The molecule has 0 unspecified atom stereocenters. The predicted octanol–water partition coefficient (Wildman–Crippen LogP) is 3.60. The molecule has 4 rings (SSSR count). The minimum atomic E-state index is -0.395. The fourth-order valence-electron chi connectivity index (χ4n) is 3.02. The van der Waals surface area contributed by atoms with Crippen LogP contribution in [-0.4, -0.2) is 15.5 Å². The van der Waals surface area contributed by atoms with Gasteiger partial charge in [0.2, 0.25) is 5.71 Å². The number of aromatic nitrogens is 2. The molecule has 2 aromatic heterocycles. The Morgan fingerprint density at radius 2 is 1.74 bits per heavy atom. The highest BCUT2D eigenvalue weighted by atomic mass is 16.3. The molecular weight excluding hydrogens is 342 g/mol. The van der Waals surface area contributed by atoms with Crippen molar-refractivity contribution in [1.82, 2.24) is 9.55 Å². The zero-order valence-corrected chi connectivity index (χ0v) is 14.7. The quantitative estimate of drug-likeness (QED) is 0.604. The lowest BCUT2D eigenvalue weighted by Gasteiger charge is -2.06. The van der Waals surface area contributed by atoms with Crippen molar-refractivity contribution < 1.29 is 9.21 Å². The lowest BCUT2D eigenvalue weighted by Crippen LogP contribution is -2.23. The number of para-hydroxylation sites is 1. The van der Waals surface area contributed by atoms with Crippen molar-refractivity contribution in [2.45, 2.75) is 13.5 Å². The Hall–Kier alpha value is -3.67. The van der Waals surface area contributed by atoms with Gasteiger partial charge in [0.25, 0.3) is 11.5 Å². The Kier molecular flexibility index (Phi) is 4.30. The molecule has 0 radical (unpaired) electrons. The molecule has 0 spiro atoms. The number of furan rings is 1. The number of amides is 1. The van der Waals surface area contributed by atoms with E-state index in [1.807, 2.05) is 48.5 Å². The SMILES string of the molecule is Cc1oc2ncn(Cc3ccccc3)c(=O)c2c1C(=O)Nc1ccccc1. The fraction of sp³-hybridized carbons (Fsp3) is 0.0952. The number of benzene rings is 2. The Labute approximate surface area is 155 Å². The van der Waals surface area contributed by atoms with Crippen molar-refractivity contribution in [3.63, 3.8) is 0 Å². The van der Waals surface area contributed by atoms with E-state index < -0.39 is 5.91 Å². The lowest BCUT2D eigenvalue weighted by molar-refractivity contribution is 0.102.